The molecule has 17 heavy (non-hydrogen) atoms. The van der Waals surface area contributed by atoms with E-state index in [2.05, 4.69) is 5.32 Å². The van der Waals surface area contributed by atoms with Crippen LogP contribution in [-0.2, 0) is 0 Å². The van der Waals surface area contributed by atoms with E-state index in [-0.39, 0.29) is 17.5 Å². The Morgan fingerprint density at radius 3 is 2.94 bits per heavy atom. The third-order valence-corrected chi connectivity index (χ3v) is 2.66. The normalized spacial score (nSPS) is 19.0. The average Bonchev–Trinajstić information content (AvgIpc) is 2.81. The van der Waals surface area contributed by atoms with Crippen LogP contribution in [0, 0.1) is 10.1 Å². The summed E-state index contributed by atoms with van der Waals surface area (Å²) in [5.74, 6) is 0.748. The molecule has 0 saturated carbocycles. The highest BCUT2D eigenvalue weighted by atomic mass is 16.6. The van der Waals surface area contributed by atoms with Crippen molar-refractivity contribution in [3.63, 3.8) is 0 Å². The summed E-state index contributed by atoms with van der Waals surface area (Å²) in [7, 11) is 1.41. The van der Waals surface area contributed by atoms with Crippen LogP contribution in [0.15, 0.2) is 18.2 Å². The maximum absolute atomic E-state index is 10.8. The number of hydrogen-bond donors (Lipinski definition) is 1. The van der Waals surface area contributed by atoms with Gasteiger partial charge in [0.1, 0.15) is 11.9 Å². The minimum atomic E-state index is -0.474. The molecule has 1 atom stereocenters. The molecule has 0 radical (unpaired) electrons. The average molecular weight is 238 g/mol. The van der Waals surface area contributed by atoms with Gasteiger partial charge in [-0.15, -0.1) is 0 Å². The molecule has 6 nitrogen and oxygen atoms in total. The minimum absolute atomic E-state index is 0.0732. The smallest absolute Gasteiger partial charge is 0.314 e. The summed E-state index contributed by atoms with van der Waals surface area (Å²) < 4.78 is 10.6. The van der Waals surface area contributed by atoms with E-state index in [1.165, 1.54) is 13.2 Å². The lowest BCUT2D eigenvalue weighted by Gasteiger charge is -2.12. The molecule has 1 saturated heterocycles. The van der Waals surface area contributed by atoms with Gasteiger partial charge >= 0.3 is 5.69 Å². The SMILES string of the molecule is COc1ccc(OC2CCNC2)cc1[N+](=O)[O-]. The molecule has 0 bridgehead atoms. The second kappa shape index (κ2) is 5.01. The molecule has 0 spiro atoms. The number of rotatable bonds is 4. The zero-order chi connectivity index (χ0) is 12.3. The predicted molar refractivity (Wildman–Crippen MR) is 61.6 cm³/mol. The molecule has 1 heterocycles. The molecule has 1 unspecified atom stereocenters. The number of hydrogen-bond acceptors (Lipinski definition) is 5. The van der Waals surface area contributed by atoms with Gasteiger partial charge in [-0.25, -0.2) is 0 Å². The van der Waals surface area contributed by atoms with Crippen LogP contribution in [0.1, 0.15) is 6.42 Å². The van der Waals surface area contributed by atoms with E-state index in [0.29, 0.717) is 5.75 Å². The Balaban J connectivity index is 2.17. The second-order valence-corrected chi connectivity index (χ2v) is 3.82. The van der Waals surface area contributed by atoms with E-state index in [0.717, 1.165) is 19.5 Å². The molecule has 0 amide bonds. The van der Waals surface area contributed by atoms with Crippen LogP contribution in [0.5, 0.6) is 11.5 Å². The maximum atomic E-state index is 10.8. The van der Waals surface area contributed by atoms with Crippen LogP contribution in [0.25, 0.3) is 0 Å². The van der Waals surface area contributed by atoms with E-state index in [9.17, 15) is 10.1 Å². The van der Waals surface area contributed by atoms with Crippen molar-refractivity contribution in [1.29, 1.82) is 0 Å². The van der Waals surface area contributed by atoms with Crippen molar-refractivity contribution in [3.05, 3.63) is 28.3 Å². The maximum Gasteiger partial charge on any atom is 0.314 e. The van der Waals surface area contributed by atoms with E-state index >= 15 is 0 Å². The molecule has 1 aliphatic rings. The van der Waals surface area contributed by atoms with Crippen molar-refractivity contribution < 1.29 is 14.4 Å². The lowest BCUT2D eigenvalue weighted by Crippen LogP contribution is -2.19. The highest BCUT2D eigenvalue weighted by Crippen LogP contribution is 2.31. The van der Waals surface area contributed by atoms with Crippen molar-refractivity contribution in [2.24, 2.45) is 0 Å². The van der Waals surface area contributed by atoms with Gasteiger partial charge in [0.2, 0.25) is 0 Å². The Bertz CT molecular complexity index is 416. The molecule has 6 heteroatoms. The van der Waals surface area contributed by atoms with Gasteiger partial charge in [0.25, 0.3) is 0 Å². The van der Waals surface area contributed by atoms with Crippen molar-refractivity contribution in [2.75, 3.05) is 20.2 Å². The summed E-state index contributed by atoms with van der Waals surface area (Å²) in [5, 5.41) is 14.0. The first-order chi connectivity index (χ1) is 8.20. The molecular weight excluding hydrogens is 224 g/mol. The Kier molecular flexibility index (Phi) is 3.43. The van der Waals surface area contributed by atoms with Gasteiger partial charge in [-0.05, 0) is 25.1 Å². The van der Waals surface area contributed by atoms with Gasteiger partial charge in [0.15, 0.2) is 5.75 Å². The molecule has 1 aromatic rings. The van der Waals surface area contributed by atoms with Gasteiger partial charge in [-0.2, -0.15) is 0 Å². The fraction of sp³-hybridized carbons (Fsp3) is 0.455. The van der Waals surface area contributed by atoms with Gasteiger partial charge < -0.3 is 14.8 Å². The van der Waals surface area contributed by atoms with Crippen LogP contribution < -0.4 is 14.8 Å². The number of nitrogens with one attached hydrogen (secondary N) is 1. The zero-order valence-corrected chi connectivity index (χ0v) is 9.51. The quantitative estimate of drug-likeness (QED) is 0.633. The molecular formula is C11H14N2O4. The molecule has 1 aromatic carbocycles. The minimum Gasteiger partial charge on any atom is -0.490 e. The largest absolute Gasteiger partial charge is 0.490 e. The first-order valence-corrected chi connectivity index (χ1v) is 5.40. The topological polar surface area (TPSA) is 73.6 Å². The molecule has 1 N–H and O–H groups in total. The molecule has 92 valence electrons. The number of methoxy groups -OCH3 is 1. The first-order valence-electron chi connectivity index (χ1n) is 5.40. The highest BCUT2D eigenvalue weighted by Gasteiger charge is 2.19. The lowest BCUT2D eigenvalue weighted by atomic mass is 10.2. The van der Waals surface area contributed by atoms with Crippen LogP contribution in [-0.4, -0.2) is 31.2 Å². The fourth-order valence-corrected chi connectivity index (χ4v) is 1.81. The summed E-state index contributed by atoms with van der Waals surface area (Å²) in [5.41, 5.74) is -0.0732. The van der Waals surface area contributed by atoms with Crippen molar-refractivity contribution >= 4 is 5.69 Å². The van der Waals surface area contributed by atoms with Crippen molar-refractivity contribution in [1.82, 2.24) is 5.32 Å². The summed E-state index contributed by atoms with van der Waals surface area (Å²) in [6.07, 6.45) is 1.00. The van der Waals surface area contributed by atoms with Crippen LogP contribution >= 0.6 is 0 Å². The molecule has 1 aliphatic heterocycles. The molecule has 0 aromatic heterocycles. The number of nitrogens with zero attached hydrogens (tertiary/aromatic N) is 1. The third kappa shape index (κ3) is 2.65. The first kappa shape index (κ1) is 11.7. The highest BCUT2D eigenvalue weighted by molar-refractivity contribution is 5.50. The van der Waals surface area contributed by atoms with Gasteiger partial charge in [-0.1, -0.05) is 0 Å². The van der Waals surface area contributed by atoms with E-state index in [1.807, 2.05) is 0 Å². The number of nitro benzene ring substituents is 1. The molecule has 2 rings (SSSR count). The number of benzene rings is 1. The Morgan fingerprint density at radius 2 is 2.35 bits per heavy atom. The van der Waals surface area contributed by atoms with Crippen LogP contribution in [0.3, 0.4) is 0 Å². The number of nitro groups is 1. The van der Waals surface area contributed by atoms with Gasteiger partial charge in [0, 0.05) is 6.54 Å². The lowest BCUT2D eigenvalue weighted by molar-refractivity contribution is -0.385. The molecule has 1 fully saturated rings. The summed E-state index contributed by atoms with van der Waals surface area (Å²) >= 11 is 0. The van der Waals surface area contributed by atoms with Crippen LogP contribution in [0.2, 0.25) is 0 Å². The standard InChI is InChI=1S/C11H14N2O4/c1-16-11-3-2-8(6-10(11)13(14)15)17-9-4-5-12-7-9/h2-3,6,9,12H,4-5,7H2,1H3. The molecule has 0 aliphatic carbocycles. The van der Waals surface area contributed by atoms with E-state index < -0.39 is 4.92 Å². The van der Waals surface area contributed by atoms with Crippen molar-refractivity contribution in [2.45, 2.75) is 12.5 Å². The Hall–Kier alpha value is -1.82. The second-order valence-electron chi connectivity index (χ2n) is 3.82. The summed E-state index contributed by atoms with van der Waals surface area (Å²) in [6, 6.07) is 4.64. The Morgan fingerprint density at radius 1 is 1.53 bits per heavy atom. The van der Waals surface area contributed by atoms with Crippen molar-refractivity contribution in [3.8, 4) is 11.5 Å². The van der Waals surface area contributed by atoms with Gasteiger partial charge in [-0.3, -0.25) is 10.1 Å². The summed E-state index contributed by atoms with van der Waals surface area (Å²) in [4.78, 5) is 10.4. The Labute approximate surface area is 98.7 Å². The van der Waals surface area contributed by atoms with Crippen LogP contribution in [0.4, 0.5) is 5.69 Å². The van der Waals surface area contributed by atoms with E-state index in [4.69, 9.17) is 9.47 Å². The summed E-state index contributed by atoms with van der Waals surface area (Å²) in [6.45, 7) is 1.70. The zero-order valence-electron chi connectivity index (χ0n) is 9.51. The van der Waals surface area contributed by atoms with E-state index in [1.54, 1.807) is 12.1 Å². The van der Waals surface area contributed by atoms with Gasteiger partial charge in [0.05, 0.1) is 18.1 Å². The monoisotopic (exact) mass is 238 g/mol. The number of ether oxygens (including phenoxy) is 2. The third-order valence-electron chi connectivity index (χ3n) is 2.66. The predicted octanol–water partition coefficient (Wildman–Crippen LogP) is 1.34. The fourth-order valence-electron chi connectivity index (χ4n) is 1.81.